The van der Waals surface area contributed by atoms with Gasteiger partial charge < -0.3 is 10.2 Å². The van der Waals surface area contributed by atoms with Crippen LogP contribution < -0.4 is 10.2 Å². The van der Waals surface area contributed by atoms with Gasteiger partial charge in [-0.15, -0.1) is 0 Å². The first-order chi connectivity index (χ1) is 10.0. The summed E-state index contributed by atoms with van der Waals surface area (Å²) < 4.78 is 0. The second-order valence-corrected chi connectivity index (χ2v) is 7.07. The fourth-order valence-electron chi connectivity index (χ4n) is 3.36. The number of hydrogen-bond donors (Lipinski definition) is 1. The fourth-order valence-corrected chi connectivity index (χ4v) is 3.59. The van der Waals surface area contributed by atoms with E-state index in [2.05, 4.69) is 50.0 Å². The molecule has 0 radical (unpaired) electrons. The van der Waals surface area contributed by atoms with Gasteiger partial charge in [-0.1, -0.05) is 38.4 Å². The summed E-state index contributed by atoms with van der Waals surface area (Å²) >= 11 is 6.50. The molecule has 2 rings (SSSR count). The molecule has 1 aliphatic heterocycles. The van der Waals surface area contributed by atoms with Crippen molar-refractivity contribution in [3.63, 3.8) is 0 Å². The highest BCUT2D eigenvalue weighted by Crippen LogP contribution is 2.36. The van der Waals surface area contributed by atoms with Gasteiger partial charge in [0.25, 0.3) is 0 Å². The van der Waals surface area contributed by atoms with Gasteiger partial charge in [-0.25, -0.2) is 0 Å². The van der Waals surface area contributed by atoms with Crippen LogP contribution in [0.2, 0.25) is 5.02 Å². The minimum atomic E-state index is 0.609. The van der Waals surface area contributed by atoms with E-state index in [0.29, 0.717) is 18.0 Å². The van der Waals surface area contributed by atoms with Crippen LogP contribution in [-0.4, -0.2) is 18.6 Å². The number of anilines is 1. The highest BCUT2D eigenvalue weighted by Gasteiger charge is 2.31. The van der Waals surface area contributed by atoms with Crippen molar-refractivity contribution in [1.82, 2.24) is 5.32 Å². The maximum atomic E-state index is 6.50. The number of hydrogen-bond acceptors (Lipinski definition) is 2. The molecule has 2 nitrogen and oxygen atoms in total. The Bertz CT molecular complexity index is 459. The van der Waals surface area contributed by atoms with E-state index >= 15 is 0 Å². The number of benzene rings is 1. The van der Waals surface area contributed by atoms with Gasteiger partial charge in [0.05, 0.1) is 0 Å². The largest absolute Gasteiger partial charge is 0.366 e. The molecule has 21 heavy (non-hydrogen) atoms. The van der Waals surface area contributed by atoms with Gasteiger partial charge >= 0.3 is 0 Å². The Morgan fingerprint density at radius 2 is 2.10 bits per heavy atom. The van der Waals surface area contributed by atoms with Gasteiger partial charge in [0.2, 0.25) is 0 Å². The Balaban J connectivity index is 2.24. The van der Waals surface area contributed by atoms with Gasteiger partial charge in [0.15, 0.2) is 0 Å². The molecule has 1 saturated heterocycles. The first-order valence-corrected chi connectivity index (χ1v) is 8.68. The smallest absolute Gasteiger partial charge is 0.0471 e. The van der Waals surface area contributed by atoms with E-state index in [1.54, 1.807) is 0 Å². The number of nitrogens with one attached hydrogen (secondary N) is 1. The van der Waals surface area contributed by atoms with Crippen molar-refractivity contribution < 1.29 is 0 Å². The van der Waals surface area contributed by atoms with Crippen molar-refractivity contribution in [2.24, 2.45) is 5.92 Å². The molecule has 0 saturated carbocycles. The van der Waals surface area contributed by atoms with Gasteiger partial charge in [-0.05, 0) is 50.8 Å². The highest BCUT2D eigenvalue weighted by molar-refractivity contribution is 6.31. The SMILES string of the molecule is CCC1CCC(C)N1c1cccc(Cl)c1CNCC(C)C. The molecule has 2 atom stereocenters. The zero-order chi connectivity index (χ0) is 15.4. The first-order valence-electron chi connectivity index (χ1n) is 8.31. The molecule has 0 aromatic heterocycles. The summed E-state index contributed by atoms with van der Waals surface area (Å²) in [5.74, 6) is 0.657. The third-order valence-corrected chi connectivity index (χ3v) is 4.84. The van der Waals surface area contributed by atoms with Crippen LogP contribution in [0, 0.1) is 5.92 Å². The second kappa shape index (κ2) is 7.51. The average Bonchev–Trinajstić information content (AvgIpc) is 2.81. The average molecular weight is 309 g/mol. The predicted octanol–water partition coefficient (Wildman–Crippen LogP) is 4.85. The summed E-state index contributed by atoms with van der Waals surface area (Å²) in [4.78, 5) is 2.60. The molecule has 0 amide bonds. The second-order valence-electron chi connectivity index (χ2n) is 6.66. The lowest BCUT2D eigenvalue weighted by molar-refractivity contribution is 0.550. The Morgan fingerprint density at radius 3 is 2.76 bits per heavy atom. The summed E-state index contributed by atoms with van der Waals surface area (Å²) in [5, 5.41) is 4.43. The Labute approximate surface area is 134 Å². The van der Waals surface area contributed by atoms with Crippen molar-refractivity contribution in [2.75, 3.05) is 11.4 Å². The van der Waals surface area contributed by atoms with E-state index in [1.165, 1.54) is 30.5 Å². The molecule has 1 N–H and O–H groups in total. The molecule has 118 valence electrons. The van der Waals surface area contributed by atoms with Crippen LogP contribution in [0.3, 0.4) is 0 Å². The van der Waals surface area contributed by atoms with Crippen molar-refractivity contribution in [1.29, 1.82) is 0 Å². The minimum Gasteiger partial charge on any atom is -0.366 e. The van der Waals surface area contributed by atoms with E-state index in [-0.39, 0.29) is 0 Å². The summed E-state index contributed by atoms with van der Waals surface area (Å²) in [6, 6.07) is 7.60. The molecule has 1 heterocycles. The van der Waals surface area contributed by atoms with Crippen LogP contribution in [0.25, 0.3) is 0 Å². The molecular weight excluding hydrogens is 280 g/mol. The molecule has 1 aromatic rings. The van der Waals surface area contributed by atoms with Crippen LogP contribution in [0.15, 0.2) is 18.2 Å². The summed E-state index contributed by atoms with van der Waals surface area (Å²) in [5.41, 5.74) is 2.59. The molecule has 0 aliphatic carbocycles. The standard InChI is InChI=1S/C18H29ClN2/c1-5-15-10-9-14(4)21(15)18-8-6-7-17(19)16(18)12-20-11-13(2)3/h6-8,13-15,20H,5,9-12H2,1-4H3. The van der Waals surface area contributed by atoms with Gasteiger partial charge in [-0.3, -0.25) is 0 Å². The lowest BCUT2D eigenvalue weighted by Gasteiger charge is -2.32. The molecule has 1 aliphatic rings. The van der Waals surface area contributed by atoms with Crippen LogP contribution >= 0.6 is 11.6 Å². The van der Waals surface area contributed by atoms with Crippen molar-refractivity contribution in [2.45, 2.75) is 65.6 Å². The molecule has 3 heteroatoms. The van der Waals surface area contributed by atoms with E-state index < -0.39 is 0 Å². The molecule has 0 bridgehead atoms. The normalized spacial score (nSPS) is 22.3. The van der Waals surface area contributed by atoms with Gasteiger partial charge in [0, 0.05) is 34.9 Å². The molecule has 2 unspecified atom stereocenters. The maximum absolute atomic E-state index is 6.50. The first kappa shape index (κ1) is 16.6. The Morgan fingerprint density at radius 1 is 1.33 bits per heavy atom. The Hall–Kier alpha value is -0.730. The van der Waals surface area contributed by atoms with Crippen LogP contribution in [-0.2, 0) is 6.54 Å². The minimum absolute atomic E-state index is 0.609. The van der Waals surface area contributed by atoms with E-state index in [4.69, 9.17) is 11.6 Å². The van der Waals surface area contributed by atoms with Crippen LogP contribution in [0.4, 0.5) is 5.69 Å². The van der Waals surface area contributed by atoms with Crippen molar-refractivity contribution in [3.8, 4) is 0 Å². The topological polar surface area (TPSA) is 15.3 Å². The number of halogens is 1. The third-order valence-electron chi connectivity index (χ3n) is 4.48. The summed E-state index contributed by atoms with van der Waals surface area (Å²) in [6.45, 7) is 11.0. The van der Waals surface area contributed by atoms with Crippen LogP contribution in [0.5, 0.6) is 0 Å². The molecular formula is C18H29ClN2. The quantitative estimate of drug-likeness (QED) is 0.808. The lowest BCUT2D eigenvalue weighted by atomic mass is 10.1. The molecule has 0 spiro atoms. The monoisotopic (exact) mass is 308 g/mol. The molecule has 1 aromatic carbocycles. The zero-order valence-electron chi connectivity index (χ0n) is 13.8. The fraction of sp³-hybridized carbons (Fsp3) is 0.667. The van der Waals surface area contributed by atoms with Crippen molar-refractivity contribution >= 4 is 17.3 Å². The third kappa shape index (κ3) is 3.92. The number of nitrogens with zero attached hydrogens (tertiary/aromatic N) is 1. The Kier molecular flexibility index (Phi) is 5.95. The zero-order valence-corrected chi connectivity index (χ0v) is 14.6. The summed E-state index contributed by atoms with van der Waals surface area (Å²) in [7, 11) is 0. The van der Waals surface area contributed by atoms with Crippen LogP contribution in [0.1, 0.15) is 52.5 Å². The van der Waals surface area contributed by atoms with E-state index in [9.17, 15) is 0 Å². The van der Waals surface area contributed by atoms with Gasteiger partial charge in [-0.2, -0.15) is 0 Å². The number of rotatable bonds is 6. The maximum Gasteiger partial charge on any atom is 0.0471 e. The molecule has 1 fully saturated rings. The van der Waals surface area contributed by atoms with Gasteiger partial charge in [0.1, 0.15) is 0 Å². The van der Waals surface area contributed by atoms with E-state index in [0.717, 1.165) is 18.1 Å². The lowest BCUT2D eigenvalue weighted by Crippen LogP contribution is -2.35. The van der Waals surface area contributed by atoms with E-state index in [1.807, 2.05) is 6.07 Å². The predicted molar refractivity (Wildman–Crippen MR) is 93.3 cm³/mol. The van der Waals surface area contributed by atoms with Crippen molar-refractivity contribution in [3.05, 3.63) is 28.8 Å². The summed E-state index contributed by atoms with van der Waals surface area (Å²) in [6.07, 6.45) is 3.78. The highest BCUT2D eigenvalue weighted by atomic mass is 35.5.